The molecule has 0 aromatic carbocycles. The summed E-state index contributed by atoms with van der Waals surface area (Å²) in [5.41, 5.74) is 5.75. The third kappa shape index (κ3) is 3.26. The minimum atomic E-state index is -0.851. The number of hydrogen-bond acceptors (Lipinski definition) is 6. The topological polar surface area (TPSA) is 91.0 Å². The fraction of sp³-hybridized carbons (Fsp3) is 0.727. The van der Waals surface area contributed by atoms with Crippen molar-refractivity contribution in [2.24, 2.45) is 5.73 Å². The van der Waals surface area contributed by atoms with Gasteiger partial charge >= 0.3 is 5.97 Å². The second-order valence-electron chi connectivity index (χ2n) is 3.98. The van der Waals surface area contributed by atoms with Crippen molar-refractivity contribution < 1.29 is 24.1 Å². The lowest BCUT2D eigenvalue weighted by molar-refractivity contribution is -0.199. The van der Waals surface area contributed by atoms with E-state index in [1.54, 1.807) is 6.92 Å². The Morgan fingerprint density at radius 1 is 1.65 bits per heavy atom. The molecular formula is C11H19NO5. The summed E-state index contributed by atoms with van der Waals surface area (Å²) in [6.07, 6.45) is -1.26. The number of ether oxygens (including phenoxy) is 3. The van der Waals surface area contributed by atoms with Gasteiger partial charge in [-0.3, -0.25) is 0 Å². The lowest BCUT2D eigenvalue weighted by Crippen LogP contribution is -2.61. The number of aliphatic hydroxyl groups is 1. The number of carbonyl (C=O) groups is 1. The average molecular weight is 245 g/mol. The third-order valence-corrected chi connectivity index (χ3v) is 2.86. The Morgan fingerprint density at radius 2 is 2.29 bits per heavy atom. The molecule has 0 amide bonds. The molecule has 0 spiro atoms. The molecule has 0 aromatic rings. The van der Waals surface area contributed by atoms with Crippen molar-refractivity contribution in [1.82, 2.24) is 0 Å². The van der Waals surface area contributed by atoms with Crippen LogP contribution in [0.1, 0.15) is 6.92 Å². The first-order chi connectivity index (χ1) is 8.01. The van der Waals surface area contributed by atoms with Crippen LogP contribution < -0.4 is 5.73 Å². The van der Waals surface area contributed by atoms with E-state index in [0.717, 1.165) is 6.08 Å². The highest BCUT2D eigenvalue weighted by atomic mass is 16.6. The highest BCUT2D eigenvalue weighted by Gasteiger charge is 2.42. The normalized spacial score (nSPS) is 37.5. The van der Waals surface area contributed by atoms with Crippen LogP contribution >= 0.6 is 0 Å². The van der Waals surface area contributed by atoms with Crippen LogP contribution in [-0.4, -0.2) is 55.3 Å². The quantitative estimate of drug-likeness (QED) is 0.498. The average Bonchev–Trinajstić information content (AvgIpc) is 2.33. The summed E-state index contributed by atoms with van der Waals surface area (Å²) in [6, 6.07) is -0.522. The Balaban J connectivity index is 2.62. The molecule has 1 aliphatic heterocycles. The summed E-state index contributed by atoms with van der Waals surface area (Å²) in [6.45, 7) is 5.04. The molecule has 6 heteroatoms. The lowest BCUT2D eigenvalue weighted by Gasteiger charge is -2.41. The van der Waals surface area contributed by atoms with Gasteiger partial charge in [0.2, 0.25) is 0 Å². The van der Waals surface area contributed by atoms with Crippen LogP contribution in [0.5, 0.6) is 0 Å². The van der Waals surface area contributed by atoms with E-state index in [4.69, 9.17) is 19.9 Å². The molecule has 3 N–H and O–H groups in total. The smallest absolute Gasteiger partial charge is 0.330 e. The molecule has 0 radical (unpaired) electrons. The largest absolute Gasteiger partial charge is 0.460 e. The summed E-state index contributed by atoms with van der Waals surface area (Å²) >= 11 is 0. The second kappa shape index (κ2) is 6.11. The van der Waals surface area contributed by atoms with E-state index in [-0.39, 0.29) is 12.7 Å². The van der Waals surface area contributed by atoms with Crippen LogP contribution in [0.2, 0.25) is 0 Å². The predicted molar refractivity (Wildman–Crippen MR) is 60.3 cm³/mol. The molecular weight excluding hydrogens is 226 g/mol. The first-order valence-corrected chi connectivity index (χ1v) is 5.42. The van der Waals surface area contributed by atoms with Gasteiger partial charge in [-0.05, 0) is 6.92 Å². The Bertz CT molecular complexity index is 283. The van der Waals surface area contributed by atoms with Crippen molar-refractivity contribution in [3.8, 4) is 0 Å². The van der Waals surface area contributed by atoms with Crippen LogP contribution in [-0.2, 0) is 19.0 Å². The summed E-state index contributed by atoms with van der Waals surface area (Å²) in [5, 5.41) is 9.91. The van der Waals surface area contributed by atoms with Crippen molar-refractivity contribution >= 4 is 5.97 Å². The molecule has 17 heavy (non-hydrogen) atoms. The predicted octanol–water partition coefficient (Wildman–Crippen LogP) is -0.794. The molecule has 0 aromatic heterocycles. The van der Waals surface area contributed by atoms with Crippen molar-refractivity contribution in [2.45, 2.75) is 37.4 Å². The fourth-order valence-corrected chi connectivity index (χ4v) is 1.81. The van der Waals surface area contributed by atoms with E-state index >= 15 is 0 Å². The third-order valence-electron chi connectivity index (χ3n) is 2.86. The summed E-state index contributed by atoms with van der Waals surface area (Å²) in [7, 11) is 1.45. The molecule has 0 saturated carbocycles. The first-order valence-electron chi connectivity index (χ1n) is 5.42. The van der Waals surface area contributed by atoms with Crippen molar-refractivity contribution in [3.63, 3.8) is 0 Å². The van der Waals surface area contributed by atoms with E-state index in [1.807, 2.05) is 0 Å². The zero-order valence-electron chi connectivity index (χ0n) is 10.0. The fourth-order valence-electron chi connectivity index (χ4n) is 1.81. The number of nitrogens with two attached hydrogens (primary N) is 1. The molecule has 1 rings (SSSR count). The zero-order chi connectivity index (χ0) is 13.0. The van der Waals surface area contributed by atoms with Crippen LogP contribution in [0, 0.1) is 0 Å². The Labute approximate surface area is 100 Å². The highest BCUT2D eigenvalue weighted by Crippen LogP contribution is 2.22. The molecule has 1 aliphatic rings. The van der Waals surface area contributed by atoms with Gasteiger partial charge in [0.05, 0.1) is 12.1 Å². The van der Waals surface area contributed by atoms with Gasteiger partial charge < -0.3 is 25.1 Å². The molecule has 1 heterocycles. The van der Waals surface area contributed by atoms with E-state index in [2.05, 4.69) is 6.58 Å². The maximum atomic E-state index is 11.0. The number of hydrogen-bond donors (Lipinski definition) is 2. The second-order valence-corrected chi connectivity index (χ2v) is 3.98. The Morgan fingerprint density at radius 3 is 2.82 bits per heavy atom. The van der Waals surface area contributed by atoms with E-state index in [1.165, 1.54) is 7.11 Å². The Kier molecular flexibility index (Phi) is 5.07. The zero-order valence-corrected chi connectivity index (χ0v) is 10.0. The SMILES string of the molecule is C=CC(=O)OCC1O[C@@H](C)C(N)[C@@H](O)[C@@H]1OC. The Hall–Kier alpha value is -0.950. The molecule has 1 fully saturated rings. The molecule has 0 aliphatic carbocycles. The van der Waals surface area contributed by atoms with Gasteiger partial charge in [0.15, 0.2) is 0 Å². The van der Waals surface area contributed by atoms with E-state index < -0.39 is 30.3 Å². The molecule has 5 atom stereocenters. The van der Waals surface area contributed by atoms with E-state index in [0.29, 0.717) is 0 Å². The maximum Gasteiger partial charge on any atom is 0.330 e. The van der Waals surface area contributed by atoms with Crippen LogP contribution in [0.4, 0.5) is 0 Å². The molecule has 0 bridgehead atoms. The van der Waals surface area contributed by atoms with Gasteiger partial charge in [0, 0.05) is 13.2 Å². The number of aliphatic hydroxyl groups excluding tert-OH is 1. The van der Waals surface area contributed by atoms with E-state index in [9.17, 15) is 9.90 Å². The number of carbonyl (C=O) groups excluding carboxylic acids is 1. The monoisotopic (exact) mass is 245 g/mol. The number of rotatable bonds is 4. The van der Waals surface area contributed by atoms with Gasteiger partial charge in [0.1, 0.15) is 24.9 Å². The van der Waals surface area contributed by atoms with Crippen molar-refractivity contribution in [3.05, 3.63) is 12.7 Å². The lowest BCUT2D eigenvalue weighted by atomic mass is 9.94. The van der Waals surface area contributed by atoms with Crippen LogP contribution in [0.25, 0.3) is 0 Å². The number of esters is 1. The van der Waals surface area contributed by atoms with Gasteiger partial charge in [-0.15, -0.1) is 0 Å². The summed E-state index contributed by atoms with van der Waals surface area (Å²) < 4.78 is 15.6. The van der Waals surface area contributed by atoms with Crippen LogP contribution in [0.3, 0.4) is 0 Å². The molecule has 98 valence electrons. The molecule has 1 saturated heterocycles. The minimum Gasteiger partial charge on any atom is -0.460 e. The van der Waals surface area contributed by atoms with Crippen molar-refractivity contribution in [2.75, 3.05) is 13.7 Å². The molecule has 6 nitrogen and oxygen atoms in total. The van der Waals surface area contributed by atoms with Crippen LogP contribution in [0.15, 0.2) is 12.7 Å². The van der Waals surface area contributed by atoms with Gasteiger partial charge in [0.25, 0.3) is 0 Å². The van der Waals surface area contributed by atoms with Gasteiger partial charge in [-0.1, -0.05) is 6.58 Å². The first kappa shape index (κ1) is 14.1. The van der Waals surface area contributed by atoms with Gasteiger partial charge in [-0.25, -0.2) is 4.79 Å². The van der Waals surface area contributed by atoms with Crippen molar-refractivity contribution in [1.29, 1.82) is 0 Å². The standard InChI is InChI=1S/C11H19NO5/c1-4-8(13)16-5-7-11(15-3)10(14)9(12)6(2)17-7/h4,6-7,9-11,14H,1,5,12H2,2-3H3/t6-,7?,9?,10+,11+/m0/s1. The van der Waals surface area contributed by atoms with Gasteiger partial charge in [-0.2, -0.15) is 0 Å². The highest BCUT2D eigenvalue weighted by molar-refractivity contribution is 5.81. The molecule has 2 unspecified atom stereocenters. The summed E-state index contributed by atoms with van der Waals surface area (Å²) in [5.74, 6) is -0.541. The maximum absolute atomic E-state index is 11.0. The number of methoxy groups -OCH3 is 1. The minimum absolute atomic E-state index is 0.00250. The summed E-state index contributed by atoms with van der Waals surface area (Å²) in [4.78, 5) is 11.0.